The molecule has 8 nitrogen and oxygen atoms in total. The Morgan fingerprint density at radius 1 is 0.974 bits per heavy atom. The van der Waals surface area contributed by atoms with Gasteiger partial charge in [0, 0.05) is 23.7 Å². The molecule has 10 heteroatoms. The summed E-state index contributed by atoms with van der Waals surface area (Å²) in [7, 11) is -2.66. The summed E-state index contributed by atoms with van der Waals surface area (Å²) in [6.45, 7) is 5.02. The highest BCUT2D eigenvalue weighted by Crippen LogP contribution is 2.27. The molecule has 0 bridgehead atoms. The molecule has 208 valence electrons. The maximum Gasteiger partial charge on any atom is 0.264 e. The van der Waals surface area contributed by atoms with Gasteiger partial charge in [0.1, 0.15) is 18.3 Å². The quantitative estimate of drug-likeness (QED) is 0.334. The molecule has 0 spiro atoms. The van der Waals surface area contributed by atoms with Crippen molar-refractivity contribution in [1.82, 2.24) is 10.2 Å². The van der Waals surface area contributed by atoms with Crippen LogP contribution in [0.15, 0.2) is 83.8 Å². The Balaban J connectivity index is 2.02. The third-order valence-electron chi connectivity index (χ3n) is 6.39. The molecule has 3 aromatic rings. The Morgan fingerprint density at radius 2 is 1.64 bits per heavy atom. The largest absolute Gasteiger partial charge is 0.497 e. The topological polar surface area (TPSA) is 96.0 Å². The van der Waals surface area contributed by atoms with Crippen LogP contribution in [0.25, 0.3) is 0 Å². The lowest BCUT2D eigenvalue weighted by atomic mass is 10.1. The number of carbonyl (C=O) groups excluding carboxylic acids is 2. The number of nitrogens with one attached hydrogen (secondary N) is 1. The Hall–Kier alpha value is -3.56. The van der Waals surface area contributed by atoms with Crippen molar-refractivity contribution in [2.75, 3.05) is 18.0 Å². The van der Waals surface area contributed by atoms with Crippen LogP contribution in [0, 0.1) is 0 Å². The molecule has 3 aromatic carbocycles. The van der Waals surface area contributed by atoms with Crippen LogP contribution >= 0.6 is 11.6 Å². The Morgan fingerprint density at radius 3 is 2.26 bits per heavy atom. The SMILES string of the molecule is CC[C@@H](C)NC(=O)[C@H](C)N(Cc1ccc(Cl)cc1)C(=O)CN(c1cccc(OC)c1)S(=O)(=O)c1ccccc1. The number of hydrogen-bond donors (Lipinski definition) is 1. The molecular formula is C29H34ClN3O5S. The molecule has 0 heterocycles. The van der Waals surface area contributed by atoms with Crippen molar-refractivity contribution in [3.63, 3.8) is 0 Å². The molecule has 39 heavy (non-hydrogen) atoms. The Labute approximate surface area is 235 Å². The normalized spacial score (nSPS) is 12.7. The van der Waals surface area contributed by atoms with E-state index in [0.717, 1.165) is 16.3 Å². The second kappa shape index (κ2) is 13.5. The van der Waals surface area contributed by atoms with Gasteiger partial charge in [-0.05, 0) is 62.2 Å². The average Bonchev–Trinajstić information content (AvgIpc) is 2.95. The van der Waals surface area contributed by atoms with Crippen LogP contribution in [0.5, 0.6) is 5.75 Å². The Bertz CT molecular complexity index is 1370. The zero-order valence-electron chi connectivity index (χ0n) is 22.5. The van der Waals surface area contributed by atoms with E-state index in [1.165, 1.54) is 24.1 Å². The van der Waals surface area contributed by atoms with Crippen LogP contribution in [-0.2, 0) is 26.2 Å². The standard InChI is InChI=1S/C29H34ClN3O5S/c1-5-21(2)31-29(35)22(3)32(19-23-14-16-24(30)17-15-23)28(34)20-33(25-10-9-11-26(18-25)38-4)39(36,37)27-12-7-6-8-13-27/h6-18,21-22H,5,19-20H2,1-4H3,(H,31,35)/t21-,22+/m1/s1. The molecule has 2 atom stereocenters. The minimum absolute atomic E-state index is 0.0347. The first-order valence-electron chi connectivity index (χ1n) is 12.6. The fourth-order valence-electron chi connectivity index (χ4n) is 3.85. The number of amides is 2. The summed E-state index contributed by atoms with van der Waals surface area (Å²) in [6, 6.07) is 20.4. The molecule has 0 fully saturated rings. The van der Waals surface area contributed by atoms with Crippen molar-refractivity contribution in [3.8, 4) is 5.75 Å². The van der Waals surface area contributed by atoms with Crippen LogP contribution in [-0.4, -0.2) is 50.9 Å². The van der Waals surface area contributed by atoms with Crippen molar-refractivity contribution in [2.24, 2.45) is 0 Å². The lowest BCUT2D eigenvalue weighted by Gasteiger charge is -2.32. The van der Waals surface area contributed by atoms with E-state index < -0.39 is 28.5 Å². The summed E-state index contributed by atoms with van der Waals surface area (Å²) in [4.78, 5) is 28.4. The summed E-state index contributed by atoms with van der Waals surface area (Å²) in [5.74, 6) is -0.433. The summed E-state index contributed by atoms with van der Waals surface area (Å²) >= 11 is 6.04. The van der Waals surface area contributed by atoms with Gasteiger partial charge in [0.05, 0.1) is 17.7 Å². The number of benzene rings is 3. The highest BCUT2D eigenvalue weighted by atomic mass is 35.5. The smallest absolute Gasteiger partial charge is 0.264 e. The second-order valence-corrected chi connectivity index (χ2v) is 11.5. The van der Waals surface area contributed by atoms with E-state index in [2.05, 4.69) is 5.32 Å². The summed E-state index contributed by atoms with van der Waals surface area (Å²) in [5.41, 5.74) is 1.00. The van der Waals surface area contributed by atoms with E-state index in [-0.39, 0.29) is 29.1 Å². The number of methoxy groups -OCH3 is 1. The van der Waals surface area contributed by atoms with Gasteiger partial charge in [-0.15, -0.1) is 0 Å². The van der Waals surface area contributed by atoms with Crippen LogP contribution in [0.3, 0.4) is 0 Å². The first-order valence-corrected chi connectivity index (χ1v) is 14.4. The molecule has 0 saturated heterocycles. The molecule has 0 aliphatic rings. The fourth-order valence-corrected chi connectivity index (χ4v) is 5.40. The summed E-state index contributed by atoms with van der Waals surface area (Å²) < 4.78 is 33.9. The number of anilines is 1. The molecular weight excluding hydrogens is 538 g/mol. The molecule has 3 rings (SSSR count). The van der Waals surface area contributed by atoms with E-state index in [1.807, 2.05) is 13.8 Å². The molecule has 0 aliphatic heterocycles. The van der Waals surface area contributed by atoms with Crippen LogP contribution in [0.1, 0.15) is 32.8 Å². The minimum Gasteiger partial charge on any atom is -0.497 e. The first-order chi connectivity index (χ1) is 18.6. The molecule has 0 aromatic heterocycles. The third kappa shape index (κ3) is 7.74. The number of halogens is 1. The van der Waals surface area contributed by atoms with E-state index in [9.17, 15) is 18.0 Å². The van der Waals surface area contributed by atoms with Gasteiger partial charge < -0.3 is 15.0 Å². The maximum atomic E-state index is 13.9. The number of rotatable bonds is 12. The van der Waals surface area contributed by atoms with Gasteiger partial charge in [-0.3, -0.25) is 13.9 Å². The number of ether oxygens (including phenoxy) is 1. The first kappa shape index (κ1) is 30.0. The molecule has 1 N–H and O–H groups in total. The monoisotopic (exact) mass is 571 g/mol. The number of carbonyl (C=O) groups is 2. The van der Waals surface area contributed by atoms with E-state index in [4.69, 9.17) is 16.3 Å². The average molecular weight is 572 g/mol. The molecule has 0 saturated carbocycles. The van der Waals surface area contributed by atoms with E-state index in [0.29, 0.717) is 10.8 Å². The van der Waals surface area contributed by atoms with Gasteiger partial charge in [-0.25, -0.2) is 8.42 Å². The van der Waals surface area contributed by atoms with Crippen LogP contribution in [0.2, 0.25) is 5.02 Å². The predicted molar refractivity (Wildman–Crippen MR) is 153 cm³/mol. The summed E-state index contributed by atoms with van der Waals surface area (Å²) in [6.07, 6.45) is 0.725. The van der Waals surface area contributed by atoms with E-state index >= 15 is 0 Å². The number of sulfonamides is 1. The lowest BCUT2D eigenvalue weighted by molar-refractivity contribution is -0.139. The lowest BCUT2D eigenvalue weighted by Crippen LogP contribution is -2.52. The van der Waals surface area contributed by atoms with Gasteiger partial charge in [0.2, 0.25) is 11.8 Å². The molecule has 0 radical (unpaired) electrons. The zero-order chi connectivity index (χ0) is 28.6. The van der Waals surface area contributed by atoms with Crippen molar-refractivity contribution in [2.45, 2.75) is 50.7 Å². The van der Waals surface area contributed by atoms with Crippen molar-refractivity contribution in [1.29, 1.82) is 0 Å². The molecule has 0 unspecified atom stereocenters. The van der Waals surface area contributed by atoms with Gasteiger partial charge in [0.15, 0.2) is 0 Å². The number of hydrogen-bond acceptors (Lipinski definition) is 5. The van der Waals surface area contributed by atoms with Gasteiger partial charge >= 0.3 is 0 Å². The molecule has 0 aliphatic carbocycles. The summed E-state index contributed by atoms with van der Waals surface area (Å²) in [5, 5.41) is 3.45. The van der Waals surface area contributed by atoms with E-state index in [1.54, 1.807) is 73.7 Å². The van der Waals surface area contributed by atoms with Crippen molar-refractivity contribution in [3.05, 3.63) is 89.4 Å². The van der Waals surface area contributed by atoms with Crippen LogP contribution in [0.4, 0.5) is 5.69 Å². The zero-order valence-corrected chi connectivity index (χ0v) is 24.1. The fraction of sp³-hybridized carbons (Fsp3) is 0.310. The highest BCUT2D eigenvalue weighted by molar-refractivity contribution is 7.92. The molecule has 2 amide bonds. The predicted octanol–water partition coefficient (Wildman–Crippen LogP) is 4.88. The minimum atomic E-state index is -4.14. The number of nitrogens with zero attached hydrogens (tertiary/aromatic N) is 2. The van der Waals surface area contributed by atoms with Gasteiger partial charge in [-0.1, -0.05) is 54.9 Å². The highest BCUT2D eigenvalue weighted by Gasteiger charge is 2.32. The maximum absolute atomic E-state index is 13.9. The van der Waals surface area contributed by atoms with Crippen molar-refractivity contribution >= 4 is 39.1 Å². The van der Waals surface area contributed by atoms with Crippen LogP contribution < -0.4 is 14.4 Å². The Kier molecular flexibility index (Phi) is 10.4. The second-order valence-electron chi connectivity index (χ2n) is 9.17. The third-order valence-corrected chi connectivity index (χ3v) is 8.43. The van der Waals surface area contributed by atoms with Gasteiger partial charge in [-0.2, -0.15) is 0 Å². The van der Waals surface area contributed by atoms with Crippen molar-refractivity contribution < 1.29 is 22.7 Å². The van der Waals surface area contributed by atoms with Gasteiger partial charge in [0.25, 0.3) is 10.0 Å².